The van der Waals surface area contributed by atoms with Gasteiger partial charge in [-0.25, -0.2) is 4.68 Å². The molecule has 0 aliphatic heterocycles. The van der Waals surface area contributed by atoms with E-state index < -0.39 is 0 Å². The lowest BCUT2D eigenvalue weighted by molar-refractivity contribution is 0.422. The number of tetrazole rings is 1. The van der Waals surface area contributed by atoms with Gasteiger partial charge >= 0.3 is 0 Å². The second-order valence-corrected chi connectivity index (χ2v) is 6.43. The zero-order valence-corrected chi connectivity index (χ0v) is 13.3. The van der Waals surface area contributed by atoms with Crippen molar-refractivity contribution in [3.63, 3.8) is 0 Å². The fourth-order valence-electron chi connectivity index (χ4n) is 2.76. The average molecular weight is 307 g/mol. The molecule has 0 amide bonds. The van der Waals surface area contributed by atoms with E-state index >= 15 is 0 Å². The molecule has 114 valence electrons. The van der Waals surface area contributed by atoms with E-state index in [1.807, 2.05) is 16.3 Å². The number of anilines is 1. The summed E-state index contributed by atoms with van der Waals surface area (Å²) in [5.74, 6) is 0. The van der Waals surface area contributed by atoms with E-state index in [-0.39, 0.29) is 0 Å². The van der Waals surface area contributed by atoms with Gasteiger partial charge in [0, 0.05) is 6.54 Å². The highest BCUT2D eigenvalue weighted by Gasteiger charge is 2.24. The molecule has 3 rings (SSSR count). The molecule has 0 bridgehead atoms. The third kappa shape index (κ3) is 2.76. The molecule has 0 spiro atoms. The number of nitrogens with zero attached hydrogens (tertiary/aromatic N) is 6. The maximum atomic E-state index is 6.17. The summed E-state index contributed by atoms with van der Waals surface area (Å²) >= 11 is 1.52. The predicted molar refractivity (Wildman–Crippen MR) is 81.1 cm³/mol. The van der Waals surface area contributed by atoms with Crippen LogP contribution in [-0.4, -0.2) is 30.0 Å². The molecule has 2 N–H and O–H groups in total. The molecule has 1 fully saturated rings. The molecule has 1 aliphatic rings. The van der Waals surface area contributed by atoms with Crippen molar-refractivity contribution >= 4 is 17.4 Å². The summed E-state index contributed by atoms with van der Waals surface area (Å²) in [4.78, 5) is 0. The van der Waals surface area contributed by atoms with Crippen LogP contribution in [0.15, 0.2) is 10.2 Å². The Morgan fingerprint density at radius 3 is 2.81 bits per heavy atom. The molecule has 0 atom stereocenters. The maximum Gasteiger partial charge on any atom is 0.215 e. The highest BCUT2D eigenvalue weighted by molar-refractivity contribution is 7.99. The Morgan fingerprint density at radius 1 is 1.33 bits per heavy atom. The highest BCUT2D eigenvalue weighted by Crippen LogP contribution is 2.36. The Hall–Kier alpha value is -1.57. The quantitative estimate of drug-likeness (QED) is 0.913. The Balaban J connectivity index is 1.88. The first-order chi connectivity index (χ1) is 10.2. The fraction of sp³-hybridized carbons (Fsp3) is 0.692. The minimum absolute atomic E-state index is 0.423. The molecule has 0 radical (unpaired) electrons. The second-order valence-electron chi connectivity index (χ2n) is 5.47. The normalized spacial score (nSPS) is 15.9. The van der Waals surface area contributed by atoms with Crippen LogP contribution in [0, 0.1) is 6.92 Å². The van der Waals surface area contributed by atoms with Crippen LogP contribution in [0.4, 0.5) is 5.69 Å². The van der Waals surface area contributed by atoms with Gasteiger partial charge in [-0.05, 0) is 48.4 Å². The summed E-state index contributed by atoms with van der Waals surface area (Å²) in [6.07, 6.45) is 5.83. The van der Waals surface area contributed by atoms with E-state index in [1.165, 1.54) is 24.6 Å². The molecular formula is C13H21N7S. The Labute approximate surface area is 128 Å². The summed E-state index contributed by atoms with van der Waals surface area (Å²) in [6.45, 7) is 4.92. The average Bonchev–Trinajstić information content (AvgIpc) is 3.17. The van der Waals surface area contributed by atoms with Crippen LogP contribution in [0.3, 0.4) is 0 Å². The molecule has 0 unspecified atom stereocenters. The van der Waals surface area contributed by atoms with Crippen molar-refractivity contribution in [1.82, 2.24) is 30.0 Å². The lowest BCUT2D eigenvalue weighted by atomic mass is 10.3. The van der Waals surface area contributed by atoms with Crippen molar-refractivity contribution in [2.45, 2.75) is 68.7 Å². The lowest BCUT2D eigenvalue weighted by Gasteiger charge is -2.11. The largest absolute Gasteiger partial charge is 0.395 e. The van der Waals surface area contributed by atoms with Gasteiger partial charge in [0.15, 0.2) is 0 Å². The summed E-state index contributed by atoms with van der Waals surface area (Å²) in [7, 11) is 0. The van der Waals surface area contributed by atoms with Gasteiger partial charge in [-0.3, -0.25) is 4.68 Å². The standard InChI is InChI=1S/C13H21N7S/c1-3-8-19-12(11(14)9(2)16-19)21-13-15-17-18-20(13)10-6-4-5-7-10/h10H,3-8,14H2,1-2H3. The maximum absolute atomic E-state index is 6.17. The molecule has 7 nitrogen and oxygen atoms in total. The molecular weight excluding hydrogens is 286 g/mol. The van der Waals surface area contributed by atoms with E-state index in [0.29, 0.717) is 6.04 Å². The van der Waals surface area contributed by atoms with Crippen LogP contribution < -0.4 is 5.73 Å². The molecule has 2 aromatic heterocycles. The number of aromatic nitrogens is 6. The minimum atomic E-state index is 0.423. The third-order valence-electron chi connectivity index (χ3n) is 3.88. The van der Waals surface area contributed by atoms with Crippen molar-refractivity contribution in [3.05, 3.63) is 5.69 Å². The van der Waals surface area contributed by atoms with Crippen molar-refractivity contribution < 1.29 is 0 Å². The third-order valence-corrected chi connectivity index (χ3v) is 4.96. The van der Waals surface area contributed by atoms with Crippen molar-refractivity contribution in [2.75, 3.05) is 5.73 Å². The molecule has 8 heteroatoms. The van der Waals surface area contributed by atoms with E-state index in [4.69, 9.17) is 5.73 Å². The van der Waals surface area contributed by atoms with Gasteiger partial charge < -0.3 is 5.73 Å². The number of rotatable bonds is 5. The Kier molecular flexibility index (Phi) is 4.14. The van der Waals surface area contributed by atoms with E-state index in [2.05, 4.69) is 27.5 Å². The van der Waals surface area contributed by atoms with Gasteiger partial charge in [-0.1, -0.05) is 19.8 Å². The van der Waals surface area contributed by atoms with Crippen LogP contribution in [0.2, 0.25) is 0 Å². The number of hydrogen-bond donors (Lipinski definition) is 1. The molecule has 2 aromatic rings. The van der Waals surface area contributed by atoms with Crippen LogP contribution in [0.1, 0.15) is 50.8 Å². The lowest BCUT2D eigenvalue weighted by Crippen LogP contribution is -2.09. The number of nitrogen functional groups attached to an aromatic ring is 1. The summed E-state index contributed by atoms with van der Waals surface area (Å²) in [5, 5.41) is 18.5. The predicted octanol–water partition coefficient (Wildman–Crippen LogP) is 2.44. The topological polar surface area (TPSA) is 87.4 Å². The van der Waals surface area contributed by atoms with Gasteiger partial charge in [-0.15, -0.1) is 5.10 Å². The van der Waals surface area contributed by atoms with E-state index in [9.17, 15) is 0 Å². The smallest absolute Gasteiger partial charge is 0.215 e. The van der Waals surface area contributed by atoms with Crippen molar-refractivity contribution in [2.24, 2.45) is 0 Å². The van der Waals surface area contributed by atoms with Crippen LogP contribution in [0.5, 0.6) is 0 Å². The van der Waals surface area contributed by atoms with E-state index in [1.54, 1.807) is 0 Å². The molecule has 1 aliphatic carbocycles. The van der Waals surface area contributed by atoms with Crippen LogP contribution in [0.25, 0.3) is 0 Å². The van der Waals surface area contributed by atoms with Gasteiger partial charge in [-0.2, -0.15) is 5.10 Å². The fourth-order valence-corrected chi connectivity index (χ4v) is 3.79. The van der Waals surface area contributed by atoms with Gasteiger partial charge in [0.2, 0.25) is 5.16 Å². The van der Waals surface area contributed by atoms with Crippen molar-refractivity contribution in [1.29, 1.82) is 0 Å². The van der Waals surface area contributed by atoms with Crippen LogP contribution >= 0.6 is 11.8 Å². The van der Waals surface area contributed by atoms with Gasteiger partial charge in [0.05, 0.1) is 17.4 Å². The monoisotopic (exact) mass is 307 g/mol. The number of nitrogens with two attached hydrogens (primary N) is 1. The van der Waals surface area contributed by atoms with Crippen molar-refractivity contribution in [3.8, 4) is 0 Å². The summed E-state index contributed by atoms with van der Waals surface area (Å²) in [5.41, 5.74) is 7.77. The Bertz CT molecular complexity index is 612. The van der Waals surface area contributed by atoms with Gasteiger partial charge in [0.25, 0.3) is 0 Å². The number of hydrogen-bond acceptors (Lipinski definition) is 6. The summed E-state index contributed by atoms with van der Waals surface area (Å²) in [6, 6.07) is 0.423. The van der Waals surface area contributed by atoms with E-state index in [0.717, 1.165) is 47.4 Å². The zero-order chi connectivity index (χ0) is 14.8. The first-order valence-electron chi connectivity index (χ1n) is 7.49. The molecule has 0 saturated heterocycles. The molecule has 1 saturated carbocycles. The zero-order valence-electron chi connectivity index (χ0n) is 12.5. The number of aryl methyl sites for hydroxylation is 2. The minimum Gasteiger partial charge on any atom is -0.395 e. The Morgan fingerprint density at radius 2 is 2.10 bits per heavy atom. The first kappa shape index (κ1) is 14.4. The molecule has 2 heterocycles. The van der Waals surface area contributed by atoms with Crippen LogP contribution in [-0.2, 0) is 6.54 Å². The van der Waals surface area contributed by atoms with Gasteiger partial charge in [0.1, 0.15) is 5.03 Å². The molecule has 21 heavy (non-hydrogen) atoms. The highest BCUT2D eigenvalue weighted by atomic mass is 32.2. The SMILES string of the molecule is CCCn1nc(C)c(N)c1Sc1nnnn1C1CCCC1. The first-order valence-corrected chi connectivity index (χ1v) is 8.31. The summed E-state index contributed by atoms with van der Waals surface area (Å²) < 4.78 is 3.92. The molecule has 0 aromatic carbocycles. The second kappa shape index (κ2) is 6.05.